The van der Waals surface area contributed by atoms with E-state index in [0.29, 0.717) is 12.3 Å². The van der Waals surface area contributed by atoms with Crippen molar-refractivity contribution in [2.75, 3.05) is 7.11 Å². The summed E-state index contributed by atoms with van der Waals surface area (Å²) in [5.41, 5.74) is 2.95. The van der Waals surface area contributed by atoms with Crippen LogP contribution in [0.5, 0.6) is 0 Å². The second-order valence-corrected chi connectivity index (χ2v) is 4.27. The van der Waals surface area contributed by atoms with E-state index < -0.39 is 0 Å². The molecule has 0 fully saturated rings. The maximum absolute atomic E-state index is 11.1. The van der Waals surface area contributed by atoms with E-state index >= 15 is 0 Å². The lowest BCUT2D eigenvalue weighted by molar-refractivity contribution is -0.141. The summed E-state index contributed by atoms with van der Waals surface area (Å²) in [6, 6.07) is 0. The average Bonchev–Trinajstić information content (AvgIpc) is 2.22. The van der Waals surface area contributed by atoms with Crippen LogP contribution in [0.1, 0.15) is 39.0 Å². The van der Waals surface area contributed by atoms with Crippen molar-refractivity contribution in [3.8, 4) is 0 Å². The fourth-order valence-corrected chi connectivity index (χ4v) is 2.21. The first kappa shape index (κ1) is 12.0. The predicted molar refractivity (Wildman–Crippen MR) is 61.5 cm³/mol. The quantitative estimate of drug-likeness (QED) is 0.523. The van der Waals surface area contributed by atoms with Gasteiger partial charge in [-0.1, -0.05) is 17.2 Å². The molecule has 0 saturated heterocycles. The zero-order valence-corrected chi connectivity index (χ0v) is 9.71. The highest BCUT2D eigenvalue weighted by Crippen LogP contribution is 2.32. The molecule has 0 spiro atoms. The van der Waals surface area contributed by atoms with E-state index in [0.717, 1.165) is 25.7 Å². The van der Waals surface area contributed by atoms with Crippen LogP contribution in [0.2, 0.25) is 0 Å². The minimum Gasteiger partial charge on any atom is -0.469 e. The normalized spacial score (nSPS) is 21.3. The molecule has 0 N–H and O–H groups in total. The van der Waals surface area contributed by atoms with E-state index in [2.05, 4.69) is 13.5 Å². The molecule has 0 heterocycles. The van der Waals surface area contributed by atoms with Gasteiger partial charge in [0.05, 0.1) is 7.11 Å². The van der Waals surface area contributed by atoms with Crippen LogP contribution < -0.4 is 0 Å². The highest BCUT2D eigenvalue weighted by Gasteiger charge is 2.20. The minimum atomic E-state index is -0.0834. The molecule has 1 aliphatic rings. The molecular weight excluding hydrogens is 188 g/mol. The highest BCUT2D eigenvalue weighted by atomic mass is 16.5. The standard InChI is InChI=1S/C13H20O2/c1-4-5-12-7-6-11(8-10(12)2)9-13(14)15-3/h4,11H,1,5-9H2,2-3H3. The zero-order valence-electron chi connectivity index (χ0n) is 9.71. The number of methoxy groups -OCH3 is 1. The molecule has 0 aromatic heterocycles. The summed E-state index contributed by atoms with van der Waals surface area (Å²) in [4.78, 5) is 11.1. The van der Waals surface area contributed by atoms with Crippen LogP contribution in [-0.4, -0.2) is 13.1 Å². The third-order valence-corrected chi connectivity index (χ3v) is 3.13. The predicted octanol–water partition coefficient (Wildman–Crippen LogP) is 3.24. The minimum absolute atomic E-state index is 0.0834. The van der Waals surface area contributed by atoms with Crippen LogP contribution in [0.3, 0.4) is 0 Å². The second kappa shape index (κ2) is 5.74. The maximum atomic E-state index is 11.1. The number of carbonyl (C=O) groups is 1. The summed E-state index contributed by atoms with van der Waals surface area (Å²) >= 11 is 0. The van der Waals surface area contributed by atoms with Gasteiger partial charge in [0.25, 0.3) is 0 Å². The molecule has 1 rings (SSSR count). The Morgan fingerprint density at radius 1 is 1.67 bits per heavy atom. The van der Waals surface area contributed by atoms with Crippen LogP contribution in [0.25, 0.3) is 0 Å². The van der Waals surface area contributed by atoms with Gasteiger partial charge in [-0.2, -0.15) is 0 Å². The Balaban J connectivity index is 2.51. The molecule has 0 aromatic carbocycles. The topological polar surface area (TPSA) is 26.3 Å². The smallest absolute Gasteiger partial charge is 0.305 e. The van der Waals surface area contributed by atoms with Gasteiger partial charge < -0.3 is 4.74 Å². The van der Waals surface area contributed by atoms with Crippen molar-refractivity contribution in [2.24, 2.45) is 5.92 Å². The monoisotopic (exact) mass is 208 g/mol. The van der Waals surface area contributed by atoms with Gasteiger partial charge in [0.1, 0.15) is 0 Å². The van der Waals surface area contributed by atoms with Gasteiger partial charge in [-0.15, -0.1) is 6.58 Å². The Bertz CT molecular complexity index is 276. The van der Waals surface area contributed by atoms with E-state index in [1.165, 1.54) is 18.3 Å². The molecule has 15 heavy (non-hydrogen) atoms. The Kier molecular flexibility index (Phi) is 4.60. The molecule has 0 radical (unpaired) electrons. The number of carbonyl (C=O) groups excluding carboxylic acids is 1. The van der Waals surface area contributed by atoms with Crippen LogP contribution >= 0.6 is 0 Å². The first-order chi connectivity index (χ1) is 7.17. The number of rotatable bonds is 4. The maximum Gasteiger partial charge on any atom is 0.305 e. The van der Waals surface area contributed by atoms with E-state index in [-0.39, 0.29) is 5.97 Å². The van der Waals surface area contributed by atoms with Crippen molar-refractivity contribution in [3.63, 3.8) is 0 Å². The van der Waals surface area contributed by atoms with E-state index in [1.54, 1.807) is 0 Å². The van der Waals surface area contributed by atoms with Crippen LogP contribution in [0.4, 0.5) is 0 Å². The lowest BCUT2D eigenvalue weighted by Crippen LogP contribution is -2.14. The molecule has 0 bridgehead atoms. The summed E-state index contributed by atoms with van der Waals surface area (Å²) < 4.78 is 4.69. The third kappa shape index (κ3) is 3.54. The lowest BCUT2D eigenvalue weighted by Gasteiger charge is -2.24. The largest absolute Gasteiger partial charge is 0.469 e. The molecule has 1 atom stereocenters. The van der Waals surface area contributed by atoms with Gasteiger partial charge in [-0.25, -0.2) is 0 Å². The summed E-state index contributed by atoms with van der Waals surface area (Å²) in [5.74, 6) is 0.394. The van der Waals surface area contributed by atoms with Crippen molar-refractivity contribution in [2.45, 2.75) is 39.0 Å². The zero-order chi connectivity index (χ0) is 11.3. The molecule has 2 nitrogen and oxygen atoms in total. The van der Waals surface area contributed by atoms with Crippen molar-refractivity contribution in [1.29, 1.82) is 0 Å². The Morgan fingerprint density at radius 3 is 2.93 bits per heavy atom. The van der Waals surface area contributed by atoms with Crippen molar-refractivity contribution >= 4 is 5.97 Å². The molecule has 84 valence electrons. The molecule has 0 saturated carbocycles. The molecule has 0 aromatic rings. The highest BCUT2D eigenvalue weighted by molar-refractivity contribution is 5.69. The van der Waals surface area contributed by atoms with Gasteiger partial charge in [-0.05, 0) is 38.5 Å². The third-order valence-electron chi connectivity index (χ3n) is 3.13. The Labute approximate surface area is 92.0 Å². The summed E-state index contributed by atoms with van der Waals surface area (Å²) in [5, 5.41) is 0. The SMILES string of the molecule is C=CCC1=C(C)CC(CC(=O)OC)CC1. The van der Waals surface area contributed by atoms with Crippen molar-refractivity contribution in [3.05, 3.63) is 23.8 Å². The van der Waals surface area contributed by atoms with Gasteiger partial charge in [-0.3, -0.25) is 4.79 Å². The van der Waals surface area contributed by atoms with Crippen LogP contribution in [-0.2, 0) is 9.53 Å². The molecule has 1 unspecified atom stereocenters. The van der Waals surface area contributed by atoms with Crippen molar-refractivity contribution < 1.29 is 9.53 Å². The van der Waals surface area contributed by atoms with Gasteiger partial charge >= 0.3 is 5.97 Å². The molecular formula is C13H20O2. The van der Waals surface area contributed by atoms with Crippen molar-refractivity contribution in [1.82, 2.24) is 0 Å². The van der Waals surface area contributed by atoms with E-state index in [4.69, 9.17) is 4.74 Å². The fourth-order valence-electron chi connectivity index (χ4n) is 2.21. The summed E-state index contributed by atoms with van der Waals surface area (Å²) in [6.07, 6.45) is 6.78. The average molecular weight is 208 g/mol. The summed E-state index contributed by atoms with van der Waals surface area (Å²) in [6.45, 7) is 5.93. The summed E-state index contributed by atoms with van der Waals surface area (Å²) in [7, 11) is 1.46. The molecule has 0 amide bonds. The van der Waals surface area contributed by atoms with Gasteiger partial charge in [0, 0.05) is 6.42 Å². The van der Waals surface area contributed by atoms with E-state index in [9.17, 15) is 4.79 Å². The van der Waals surface area contributed by atoms with Crippen LogP contribution in [0, 0.1) is 5.92 Å². The number of ether oxygens (including phenoxy) is 1. The first-order valence-electron chi connectivity index (χ1n) is 5.52. The number of hydrogen-bond acceptors (Lipinski definition) is 2. The lowest BCUT2D eigenvalue weighted by atomic mass is 9.82. The Hall–Kier alpha value is -1.05. The van der Waals surface area contributed by atoms with Gasteiger partial charge in [0.15, 0.2) is 0 Å². The van der Waals surface area contributed by atoms with Gasteiger partial charge in [0.2, 0.25) is 0 Å². The molecule has 2 heteroatoms. The van der Waals surface area contributed by atoms with Crippen LogP contribution in [0.15, 0.2) is 23.8 Å². The number of esters is 1. The van der Waals surface area contributed by atoms with E-state index in [1.807, 2.05) is 6.08 Å². The fraction of sp³-hybridized carbons (Fsp3) is 0.615. The molecule has 1 aliphatic carbocycles. The number of hydrogen-bond donors (Lipinski definition) is 0. The Morgan fingerprint density at radius 2 is 2.40 bits per heavy atom. The second-order valence-electron chi connectivity index (χ2n) is 4.27. The first-order valence-corrected chi connectivity index (χ1v) is 5.52. The number of allylic oxidation sites excluding steroid dienone is 3. The molecule has 0 aliphatic heterocycles.